The number of hydrogen-bond donors (Lipinski definition) is 2. The molecule has 12 heteroatoms. The Morgan fingerprint density at radius 2 is 2.21 bits per heavy atom. The first kappa shape index (κ1) is 23.9. The van der Waals surface area contributed by atoms with Gasteiger partial charge in [0.25, 0.3) is 0 Å². The topological polar surface area (TPSA) is 115 Å². The van der Waals surface area contributed by atoms with Gasteiger partial charge in [0, 0.05) is 49.0 Å². The monoisotopic (exact) mass is 480 g/mol. The first-order valence-electron chi connectivity index (χ1n) is 10.9. The third-order valence-electron chi connectivity index (χ3n) is 5.73. The molecule has 1 aromatic carbocycles. The van der Waals surface area contributed by atoms with Gasteiger partial charge in [0.15, 0.2) is 12.6 Å². The van der Waals surface area contributed by atoms with Gasteiger partial charge in [0.1, 0.15) is 17.2 Å². The number of alkyl halides is 2. The van der Waals surface area contributed by atoms with Crippen LogP contribution in [0, 0.1) is 0 Å². The molecule has 2 aromatic rings. The van der Waals surface area contributed by atoms with Crippen molar-refractivity contribution >= 4 is 11.9 Å². The second-order valence-electron chi connectivity index (χ2n) is 7.96. The third kappa shape index (κ3) is 5.45. The quantitative estimate of drug-likeness (QED) is 0.549. The van der Waals surface area contributed by atoms with Crippen LogP contribution in [-0.4, -0.2) is 72.5 Å². The van der Waals surface area contributed by atoms with Gasteiger partial charge in [-0.25, -0.2) is 4.79 Å². The van der Waals surface area contributed by atoms with Crippen molar-refractivity contribution in [2.24, 2.45) is 0 Å². The molecule has 184 valence electrons. The molecule has 0 radical (unpaired) electrons. The molecule has 1 fully saturated rings. The van der Waals surface area contributed by atoms with Crippen molar-refractivity contribution in [1.29, 1.82) is 0 Å². The van der Waals surface area contributed by atoms with Crippen LogP contribution in [0.4, 0.5) is 19.4 Å². The van der Waals surface area contributed by atoms with E-state index in [0.29, 0.717) is 49.8 Å². The Labute approximate surface area is 194 Å². The van der Waals surface area contributed by atoms with E-state index in [1.807, 2.05) is 0 Å². The van der Waals surface area contributed by atoms with E-state index in [1.54, 1.807) is 6.07 Å². The number of benzene rings is 1. The minimum Gasteiger partial charge on any atom is -0.467 e. The summed E-state index contributed by atoms with van der Waals surface area (Å²) in [7, 11) is 1.45. The van der Waals surface area contributed by atoms with Crippen molar-refractivity contribution < 1.29 is 37.6 Å². The van der Waals surface area contributed by atoms with Gasteiger partial charge in [-0.15, -0.1) is 10.2 Å². The van der Waals surface area contributed by atoms with Crippen LogP contribution in [0.25, 0.3) is 11.3 Å². The summed E-state index contributed by atoms with van der Waals surface area (Å²) in [4.78, 5) is 12.7. The Hall–Kier alpha value is -3.25. The first-order chi connectivity index (χ1) is 16.5. The number of carbonyl (C=O) groups is 1. The van der Waals surface area contributed by atoms with E-state index in [0.717, 1.165) is 24.0 Å². The highest BCUT2D eigenvalue weighted by Crippen LogP contribution is 2.38. The second-order valence-corrected chi connectivity index (χ2v) is 7.96. The van der Waals surface area contributed by atoms with Crippen molar-refractivity contribution in [3.05, 3.63) is 29.3 Å². The number of methoxy groups -OCH3 is 1. The highest BCUT2D eigenvalue weighted by atomic mass is 19.3. The molecule has 4 rings (SSSR count). The molecule has 34 heavy (non-hydrogen) atoms. The molecule has 0 spiro atoms. The number of nitrogens with one attached hydrogen (secondary N) is 1. The standard InChI is InChI=1S/C22H26F2N4O6/c1-31-12-33-18-9-14(34-21(23)24)4-5-16(18)19-17-11-32-8-6-15(17)20(27-26-19)25-13-3-2-7-28(10-13)22(29)30/h4-5,9,13,21H,2-3,6-8,10-12H2,1H3,(H,25,27)(H,29,30)/t13-/m1/s1. The number of hydrogen-bond acceptors (Lipinski definition) is 8. The zero-order valence-electron chi connectivity index (χ0n) is 18.6. The number of ether oxygens (including phenoxy) is 4. The molecule has 2 aliphatic rings. The smallest absolute Gasteiger partial charge is 0.407 e. The Bertz CT molecular complexity index is 1030. The van der Waals surface area contributed by atoms with Crippen LogP contribution in [-0.2, 0) is 22.5 Å². The fraction of sp³-hybridized carbons (Fsp3) is 0.500. The molecular formula is C22H26F2N4O6. The lowest BCUT2D eigenvalue weighted by Gasteiger charge is -2.32. The second kappa shape index (κ2) is 10.8. The van der Waals surface area contributed by atoms with E-state index in [9.17, 15) is 18.7 Å². The lowest BCUT2D eigenvalue weighted by atomic mass is 9.97. The van der Waals surface area contributed by atoms with Crippen LogP contribution in [0.2, 0.25) is 0 Å². The molecule has 1 aromatic heterocycles. The molecule has 0 bridgehead atoms. The van der Waals surface area contributed by atoms with Gasteiger partial charge in [-0.05, 0) is 31.4 Å². The molecule has 1 atom stereocenters. The van der Waals surface area contributed by atoms with Gasteiger partial charge >= 0.3 is 12.7 Å². The SMILES string of the molecule is COCOc1cc(OC(F)F)ccc1-c1nnc(N[C@@H]2CCCN(C(=O)O)C2)c2c1COCC2. The van der Waals surface area contributed by atoms with Crippen molar-refractivity contribution in [2.45, 2.75) is 38.5 Å². The number of nitrogens with zero attached hydrogens (tertiary/aromatic N) is 3. The zero-order chi connectivity index (χ0) is 24.1. The van der Waals surface area contributed by atoms with Crippen LogP contribution in [0.15, 0.2) is 18.2 Å². The highest BCUT2D eigenvalue weighted by molar-refractivity contribution is 5.73. The largest absolute Gasteiger partial charge is 0.467 e. The Kier molecular flexibility index (Phi) is 7.58. The summed E-state index contributed by atoms with van der Waals surface area (Å²) in [5.74, 6) is 0.796. The lowest BCUT2D eigenvalue weighted by Crippen LogP contribution is -2.44. The number of carboxylic acid groups (broad SMARTS) is 1. The van der Waals surface area contributed by atoms with Crippen LogP contribution in [0.5, 0.6) is 11.5 Å². The zero-order valence-corrected chi connectivity index (χ0v) is 18.6. The van der Waals surface area contributed by atoms with Crippen LogP contribution < -0.4 is 14.8 Å². The predicted molar refractivity (Wildman–Crippen MR) is 116 cm³/mol. The molecule has 0 saturated carbocycles. The maximum atomic E-state index is 12.7. The molecule has 0 aliphatic carbocycles. The minimum absolute atomic E-state index is 0.0542. The molecule has 0 unspecified atom stereocenters. The van der Waals surface area contributed by atoms with Gasteiger partial charge in [-0.1, -0.05) is 0 Å². The number of aromatic nitrogens is 2. The Balaban J connectivity index is 1.66. The van der Waals surface area contributed by atoms with Crippen molar-refractivity contribution in [2.75, 3.05) is 38.9 Å². The molecular weight excluding hydrogens is 454 g/mol. The van der Waals surface area contributed by atoms with Crippen LogP contribution >= 0.6 is 0 Å². The minimum atomic E-state index is -2.97. The Morgan fingerprint density at radius 3 is 2.97 bits per heavy atom. The summed E-state index contributed by atoms with van der Waals surface area (Å²) < 4.78 is 46.1. The average Bonchev–Trinajstić information content (AvgIpc) is 2.83. The number of halogens is 2. The van der Waals surface area contributed by atoms with Gasteiger partial charge in [0.05, 0.1) is 13.2 Å². The van der Waals surface area contributed by atoms with Gasteiger partial charge in [-0.2, -0.15) is 8.78 Å². The van der Waals surface area contributed by atoms with Gasteiger partial charge in [-0.3, -0.25) is 0 Å². The number of anilines is 1. The first-order valence-corrected chi connectivity index (χ1v) is 10.9. The van der Waals surface area contributed by atoms with E-state index in [2.05, 4.69) is 20.3 Å². The number of amides is 1. The maximum absolute atomic E-state index is 12.7. The van der Waals surface area contributed by atoms with E-state index in [1.165, 1.54) is 24.1 Å². The summed E-state index contributed by atoms with van der Waals surface area (Å²) in [6, 6.07) is 4.27. The molecule has 10 nitrogen and oxygen atoms in total. The summed E-state index contributed by atoms with van der Waals surface area (Å²) in [6.07, 6.45) is 1.23. The molecule has 3 heterocycles. The number of likely N-dealkylation sites (tertiary alicyclic amines) is 1. The summed E-state index contributed by atoms with van der Waals surface area (Å²) in [5, 5.41) is 21.5. The fourth-order valence-electron chi connectivity index (χ4n) is 4.19. The number of fused-ring (bicyclic) bond motifs is 1. The van der Waals surface area contributed by atoms with Crippen molar-refractivity contribution in [3.63, 3.8) is 0 Å². The predicted octanol–water partition coefficient (Wildman–Crippen LogP) is 3.35. The van der Waals surface area contributed by atoms with E-state index >= 15 is 0 Å². The van der Waals surface area contributed by atoms with E-state index in [4.69, 9.17) is 14.2 Å². The maximum Gasteiger partial charge on any atom is 0.407 e. The number of piperidine rings is 1. The highest BCUT2D eigenvalue weighted by Gasteiger charge is 2.27. The summed E-state index contributed by atoms with van der Waals surface area (Å²) in [6.45, 7) is -1.39. The van der Waals surface area contributed by atoms with Crippen LogP contribution in [0.3, 0.4) is 0 Å². The van der Waals surface area contributed by atoms with E-state index < -0.39 is 12.7 Å². The average molecular weight is 480 g/mol. The number of rotatable bonds is 8. The van der Waals surface area contributed by atoms with Crippen molar-refractivity contribution in [1.82, 2.24) is 15.1 Å². The molecule has 2 aliphatic heterocycles. The normalized spacial score (nSPS) is 17.9. The van der Waals surface area contributed by atoms with E-state index in [-0.39, 0.29) is 24.3 Å². The summed E-state index contributed by atoms with van der Waals surface area (Å²) >= 11 is 0. The van der Waals surface area contributed by atoms with Gasteiger partial charge in [0.2, 0.25) is 0 Å². The fourth-order valence-corrected chi connectivity index (χ4v) is 4.19. The molecule has 2 N–H and O–H groups in total. The van der Waals surface area contributed by atoms with Crippen molar-refractivity contribution in [3.8, 4) is 22.8 Å². The lowest BCUT2D eigenvalue weighted by molar-refractivity contribution is -0.0500. The molecule has 1 saturated heterocycles. The van der Waals surface area contributed by atoms with Crippen LogP contribution in [0.1, 0.15) is 24.0 Å². The Morgan fingerprint density at radius 1 is 1.35 bits per heavy atom. The van der Waals surface area contributed by atoms with Gasteiger partial charge < -0.3 is 34.3 Å². The molecule has 1 amide bonds. The summed E-state index contributed by atoms with van der Waals surface area (Å²) in [5.41, 5.74) is 2.77. The third-order valence-corrected chi connectivity index (χ3v) is 5.73.